The van der Waals surface area contributed by atoms with Gasteiger partial charge in [-0.3, -0.25) is 4.79 Å². The maximum Gasteiger partial charge on any atom is 0.226 e. The molecule has 0 bridgehead atoms. The number of rotatable bonds is 4. The number of ether oxygens (including phenoxy) is 1. The van der Waals surface area contributed by atoms with Crippen molar-refractivity contribution in [2.24, 2.45) is 5.92 Å². The lowest BCUT2D eigenvalue weighted by Gasteiger charge is -2.08. The van der Waals surface area contributed by atoms with E-state index in [1.165, 1.54) is 11.3 Å². The number of nitriles is 1. The van der Waals surface area contributed by atoms with E-state index >= 15 is 0 Å². The van der Waals surface area contributed by atoms with Crippen LogP contribution in [0.25, 0.3) is 10.2 Å². The third-order valence-corrected chi connectivity index (χ3v) is 4.68. The summed E-state index contributed by atoms with van der Waals surface area (Å²) in [7, 11) is 1.62. The molecule has 0 saturated carbocycles. The lowest BCUT2D eigenvalue weighted by atomic mass is 10.1. The molecule has 2 heterocycles. The molecule has 1 saturated heterocycles. The molecule has 0 radical (unpaired) electrons. The number of hydrogen-bond donors (Lipinski definition) is 1. The highest BCUT2D eigenvalue weighted by Crippen LogP contribution is 2.29. The number of methoxy groups -OCH3 is 1. The molecule has 1 atom stereocenters. The second-order valence-corrected chi connectivity index (χ2v) is 6.34. The van der Waals surface area contributed by atoms with Crippen LogP contribution in [0.3, 0.4) is 0 Å². The van der Waals surface area contributed by atoms with E-state index in [1.54, 1.807) is 12.0 Å². The summed E-state index contributed by atoms with van der Waals surface area (Å²) in [5, 5.41) is 12.3. The summed E-state index contributed by atoms with van der Waals surface area (Å²) in [6, 6.07) is 5.63. The summed E-state index contributed by atoms with van der Waals surface area (Å²) in [5.74, 6) is 0.974. The summed E-state index contributed by atoms with van der Waals surface area (Å²) in [4.78, 5) is 18.2. The first-order valence-electron chi connectivity index (χ1n) is 7.07. The zero-order valence-corrected chi connectivity index (χ0v) is 13.0. The highest BCUT2D eigenvalue weighted by molar-refractivity contribution is 7.22. The number of carbonyl (C=O) groups excluding carboxylic acids is 1. The van der Waals surface area contributed by atoms with E-state index in [4.69, 9.17) is 10.00 Å². The van der Waals surface area contributed by atoms with Crippen molar-refractivity contribution in [2.45, 2.75) is 12.8 Å². The Hall–Kier alpha value is -2.33. The Labute approximate surface area is 132 Å². The fourth-order valence-electron chi connectivity index (χ4n) is 2.61. The summed E-state index contributed by atoms with van der Waals surface area (Å²) < 4.78 is 6.16. The van der Waals surface area contributed by atoms with Gasteiger partial charge >= 0.3 is 0 Å². The van der Waals surface area contributed by atoms with Gasteiger partial charge in [-0.05, 0) is 30.5 Å². The normalized spacial score (nSPS) is 17.5. The van der Waals surface area contributed by atoms with Gasteiger partial charge in [0.25, 0.3) is 0 Å². The molecule has 2 aromatic rings. The topological polar surface area (TPSA) is 78.2 Å². The smallest absolute Gasteiger partial charge is 0.226 e. The molecule has 0 spiro atoms. The Morgan fingerprint density at radius 2 is 2.50 bits per heavy atom. The van der Waals surface area contributed by atoms with E-state index in [9.17, 15) is 4.79 Å². The molecule has 22 heavy (non-hydrogen) atoms. The first-order chi connectivity index (χ1) is 10.7. The van der Waals surface area contributed by atoms with Crippen LogP contribution in [0, 0.1) is 17.4 Å². The monoisotopic (exact) mass is 316 g/mol. The maximum absolute atomic E-state index is 12.1. The minimum Gasteiger partial charge on any atom is -0.497 e. The van der Waals surface area contributed by atoms with Gasteiger partial charge in [0, 0.05) is 19.5 Å². The first kappa shape index (κ1) is 14.6. The number of amides is 1. The van der Waals surface area contributed by atoms with Crippen LogP contribution in [0.2, 0.25) is 0 Å². The van der Waals surface area contributed by atoms with Crippen molar-refractivity contribution in [3.8, 4) is 11.9 Å². The standard InChI is InChI=1S/C15H16N4O2S/c1-21-11-2-3-12-13(7-11)22-15(17-12)18-14(20)6-10-4-5-19(8-10)9-16/h2-3,7,10H,4-6,8H2,1H3,(H,17,18,20). The largest absolute Gasteiger partial charge is 0.497 e. The third-order valence-electron chi connectivity index (χ3n) is 3.74. The predicted molar refractivity (Wildman–Crippen MR) is 84.7 cm³/mol. The van der Waals surface area contributed by atoms with E-state index in [0.717, 1.165) is 28.9 Å². The summed E-state index contributed by atoms with van der Waals surface area (Å²) in [5.41, 5.74) is 0.845. The minimum atomic E-state index is -0.0455. The average molecular weight is 316 g/mol. The maximum atomic E-state index is 12.1. The van der Waals surface area contributed by atoms with E-state index < -0.39 is 0 Å². The highest BCUT2D eigenvalue weighted by atomic mass is 32.1. The predicted octanol–water partition coefficient (Wildman–Crippen LogP) is 2.44. The van der Waals surface area contributed by atoms with Crippen LogP contribution >= 0.6 is 11.3 Å². The fourth-order valence-corrected chi connectivity index (χ4v) is 3.52. The van der Waals surface area contributed by atoms with Crippen LogP contribution in [0.1, 0.15) is 12.8 Å². The molecular weight excluding hydrogens is 300 g/mol. The highest BCUT2D eigenvalue weighted by Gasteiger charge is 2.24. The van der Waals surface area contributed by atoms with Crippen LogP contribution in [0.15, 0.2) is 18.2 Å². The quantitative estimate of drug-likeness (QED) is 0.877. The van der Waals surface area contributed by atoms with Crippen molar-refractivity contribution in [1.29, 1.82) is 5.26 Å². The molecule has 1 fully saturated rings. The second-order valence-electron chi connectivity index (χ2n) is 5.31. The number of carbonyl (C=O) groups is 1. The Morgan fingerprint density at radius 1 is 1.64 bits per heavy atom. The number of nitrogens with one attached hydrogen (secondary N) is 1. The van der Waals surface area contributed by atoms with E-state index in [2.05, 4.69) is 16.5 Å². The van der Waals surface area contributed by atoms with Crippen molar-refractivity contribution in [3.63, 3.8) is 0 Å². The van der Waals surface area contributed by atoms with Crippen LogP contribution in [-0.4, -0.2) is 36.0 Å². The molecule has 1 aliphatic heterocycles. The summed E-state index contributed by atoms with van der Waals surface area (Å²) in [6.45, 7) is 1.41. The molecule has 1 aliphatic rings. The van der Waals surface area contributed by atoms with E-state index in [0.29, 0.717) is 18.1 Å². The van der Waals surface area contributed by atoms with Gasteiger partial charge in [-0.2, -0.15) is 5.26 Å². The molecule has 1 N–H and O–H groups in total. The van der Waals surface area contributed by atoms with Gasteiger partial charge in [-0.25, -0.2) is 4.98 Å². The Kier molecular flexibility index (Phi) is 4.11. The number of fused-ring (bicyclic) bond motifs is 1. The molecule has 7 heteroatoms. The van der Waals surface area contributed by atoms with Crippen molar-refractivity contribution in [3.05, 3.63) is 18.2 Å². The zero-order valence-electron chi connectivity index (χ0n) is 12.2. The fraction of sp³-hybridized carbons (Fsp3) is 0.400. The zero-order chi connectivity index (χ0) is 15.5. The molecule has 0 aliphatic carbocycles. The van der Waals surface area contributed by atoms with Gasteiger partial charge in [0.05, 0.1) is 17.3 Å². The first-order valence-corrected chi connectivity index (χ1v) is 7.88. The number of thiazole rings is 1. The second kappa shape index (κ2) is 6.20. The van der Waals surface area contributed by atoms with Gasteiger partial charge in [-0.15, -0.1) is 0 Å². The van der Waals surface area contributed by atoms with Crippen molar-refractivity contribution < 1.29 is 9.53 Å². The van der Waals surface area contributed by atoms with Crippen molar-refractivity contribution >= 4 is 32.6 Å². The van der Waals surface area contributed by atoms with Crippen molar-refractivity contribution in [1.82, 2.24) is 9.88 Å². The third kappa shape index (κ3) is 3.12. The Bertz CT molecular complexity index is 737. The van der Waals surface area contributed by atoms with Gasteiger partial charge < -0.3 is 15.0 Å². The summed E-state index contributed by atoms with van der Waals surface area (Å²) in [6.07, 6.45) is 3.44. The molecule has 1 aromatic carbocycles. The van der Waals surface area contributed by atoms with Gasteiger partial charge in [0.1, 0.15) is 5.75 Å². The lowest BCUT2D eigenvalue weighted by molar-refractivity contribution is -0.117. The number of benzene rings is 1. The summed E-state index contributed by atoms with van der Waals surface area (Å²) >= 11 is 1.43. The number of nitrogens with zero attached hydrogens (tertiary/aromatic N) is 3. The van der Waals surface area contributed by atoms with Crippen LogP contribution in [0.5, 0.6) is 5.75 Å². The van der Waals surface area contributed by atoms with Crippen LogP contribution in [0.4, 0.5) is 5.13 Å². The average Bonchev–Trinajstić information content (AvgIpc) is 3.11. The molecule has 1 amide bonds. The Balaban J connectivity index is 1.63. The molecular formula is C15H16N4O2S. The van der Waals surface area contributed by atoms with Crippen LogP contribution < -0.4 is 10.1 Å². The minimum absolute atomic E-state index is 0.0455. The number of likely N-dealkylation sites (tertiary alicyclic amines) is 1. The molecule has 6 nitrogen and oxygen atoms in total. The number of hydrogen-bond acceptors (Lipinski definition) is 6. The molecule has 114 valence electrons. The number of aromatic nitrogens is 1. The van der Waals surface area contributed by atoms with Crippen LogP contribution in [-0.2, 0) is 4.79 Å². The number of anilines is 1. The Morgan fingerprint density at radius 3 is 3.23 bits per heavy atom. The van der Waals surface area contributed by atoms with Gasteiger partial charge in [0.2, 0.25) is 5.91 Å². The molecule has 3 rings (SSSR count). The molecule has 1 aromatic heterocycles. The van der Waals surface area contributed by atoms with E-state index in [1.807, 2.05) is 18.2 Å². The molecule has 1 unspecified atom stereocenters. The van der Waals surface area contributed by atoms with Gasteiger partial charge in [-0.1, -0.05) is 11.3 Å². The van der Waals surface area contributed by atoms with Crippen molar-refractivity contribution in [2.75, 3.05) is 25.5 Å². The SMILES string of the molecule is COc1ccc2nc(NC(=O)CC3CCN(C#N)C3)sc2c1. The van der Waals surface area contributed by atoms with E-state index in [-0.39, 0.29) is 11.8 Å². The van der Waals surface area contributed by atoms with Gasteiger partial charge in [0.15, 0.2) is 11.3 Å². The lowest BCUT2D eigenvalue weighted by Crippen LogP contribution is -2.19.